The maximum absolute atomic E-state index is 5.64. The van der Waals surface area contributed by atoms with Gasteiger partial charge in [-0.1, -0.05) is 24.4 Å². The molecule has 2 N–H and O–H groups in total. The van der Waals surface area contributed by atoms with E-state index in [4.69, 9.17) is 22.7 Å². The summed E-state index contributed by atoms with van der Waals surface area (Å²) in [4.78, 5) is 2.91. The number of nitrogens with zero attached hydrogens (tertiary/aromatic N) is 1. The molecule has 0 spiro atoms. The van der Waals surface area contributed by atoms with E-state index in [-0.39, 0.29) is 0 Å². The number of hydrogen-bond donors (Lipinski definition) is 1. The minimum atomic E-state index is 0.462. The zero-order valence-corrected chi connectivity index (χ0v) is 11.8. The molecular formula is C14H20N2OS. The maximum atomic E-state index is 5.64. The lowest BCUT2D eigenvalue weighted by Crippen LogP contribution is -2.43. The minimum absolute atomic E-state index is 0.462. The van der Waals surface area contributed by atoms with Gasteiger partial charge in [-0.25, -0.2) is 0 Å². The lowest BCUT2D eigenvalue weighted by atomic mass is 10.0. The van der Waals surface area contributed by atoms with E-state index in [0.29, 0.717) is 11.0 Å². The quantitative estimate of drug-likeness (QED) is 0.846. The van der Waals surface area contributed by atoms with Crippen LogP contribution in [-0.4, -0.2) is 35.7 Å². The van der Waals surface area contributed by atoms with Gasteiger partial charge in [0, 0.05) is 24.7 Å². The molecule has 1 fully saturated rings. The maximum Gasteiger partial charge on any atom is 0.103 e. The Kier molecular flexibility index (Phi) is 4.32. The van der Waals surface area contributed by atoms with Gasteiger partial charge in [-0.05, 0) is 31.0 Å². The SMILES string of the molecule is Cc1cc(C(N)=S)ccc1CN1CCOCC1C. The van der Waals surface area contributed by atoms with Crippen molar-refractivity contribution in [3.8, 4) is 0 Å². The van der Waals surface area contributed by atoms with Gasteiger partial charge < -0.3 is 10.5 Å². The number of benzene rings is 1. The normalized spacial score (nSPS) is 20.9. The van der Waals surface area contributed by atoms with Crippen LogP contribution in [0.3, 0.4) is 0 Å². The van der Waals surface area contributed by atoms with Crippen LogP contribution in [0, 0.1) is 6.92 Å². The van der Waals surface area contributed by atoms with Gasteiger partial charge in [0.15, 0.2) is 0 Å². The molecule has 98 valence electrons. The fraction of sp³-hybridized carbons (Fsp3) is 0.500. The summed E-state index contributed by atoms with van der Waals surface area (Å²) >= 11 is 5.00. The number of ether oxygens (including phenoxy) is 1. The Labute approximate surface area is 114 Å². The molecule has 0 bridgehead atoms. The molecule has 1 aliphatic rings. The summed E-state index contributed by atoms with van der Waals surface area (Å²) in [7, 11) is 0. The van der Waals surface area contributed by atoms with E-state index in [9.17, 15) is 0 Å². The van der Waals surface area contributed by atoms with Crippen molar-refractivity contribution >= 4 is 17.2 Å². The summed E-state index contributed by atoms with van der Waals surface area (Å²) < 4.78 is 5.46. The third kappa shape index (κ3) is 3.07. The van der Waals surface area contributed by atoms with Crippen LogP contribution in [0.5, 0.6) is 0 Å². The molecule has 0 aromatic heterocycles. The van der Waals surface area contributed by atoms with Crippen LogP contribution in [0.15, 0.2) is 18.2 Å². The van der Waals surface area contributed by atoms with E-state index >= 15 is 0 Å². The van der Waals surface area contributed by atoms with Crippen LogP contribution >= 0.6 is 12.2 Å². The van der Waals surface area contributed by atoms with Crippen LogP contribution < -0.4 is 5.73 Å². The van der Waals surface area contributed by atoms with Crippen molar-refractivity contribution in [3.63, 3.8) is 0 Å². The van der Waals surface area contributed by atoms with Crippen molar-refractivity contribution in [1.82, 2.24) is 4.90 Å². The molecule has 1 aromatic rings. The van der Waals surface area contributed by atoms with Crippen molar-refractivity contribution in [2.45, 2.75) is 26.4 Å². The molecule has 0 amide bonds. The lowest BCUT2D eigenvalue weighted by Gasteiger charge is -2.33. The van der Waals surface area contributed by atoms with Gasteiger partial charge in [0.1, 0.15) is 4.99 Å². The van der Waals surface area contributed by atoms with Crippen molar-refractivity contribution in [2.24, 2.45) is 5.73 Å². The van der Waals surface area contributed by atoms with Crippen LogP contribution in [0.1, 0.15) is 23.6 Å². The summed E-state index contributed by atoms with van der Waals surface area (Å²) in [5, 5.41) is 0. The highest BCUT2D eigenvalue weighted by Gasteiger charge is 2.19. The molecule has 1 aliphatic heterocycles. The van der Waals surface area contributed by atoms with Gasteiger partial charge in [0.25, 0.3) is 0 Å². The van der Waals surface area contributed by atoms with Gasteiger partial charge in [-0.2, -0.15) is 0 Å². The Morgan fingerprint density at radius 1 is 1.56 bits per heavy atom. The summed E-state index contributed by atoms with van der Waals surface area (Å²) in [5.41, 5.74) is 9.18. The number of rotatable bonds is 3. The molecule has 0 saturated carbocycles. The standard InChI is InChI=1S/C14H20N2OS/c1-10-7-12(14(15)18)3-4-13(10)8-16-5-6-17-9-11(16)2/h3-4,7,11H,5-6,8-9H2,1-2H3,(H2,15,18). The molecular weight excluding hydrogens is 244 g/mol. The number of aryl methyl sites for hydroxylation is 1. The molecule has 1 unspecified atom stereocenters. The summed E-state index contributed by atoms with van der Waals surface area (Å²) in [6, 6.07) is 6.69. The van der Waals surface area contributed by atoms with Crippen molar-refractivity contribution < 1.29 is 4.74 Å². The summed E-state index contributed by atoms with van der Waals surface area (Å²) in [6.45, 7) is 7.93. The monoisotopic (exact) mass is 264 g/mol. The molecule has 1 aromatic carbocycles. The topological polar surface area (TPSA) is 38.5 Å². The molecule has 0 radical (unpaired) electrons. The average molecular weight is 264 g/mol. The van der Waals surface area contributed by atoms with E-state index in [0.717, 1.165) is 31.9 Å². The molecule has 0 aliphatic carbocycles. The molecule has 2 rings (SSSR count). The first-order chi connectivity index (χ1) is 8.58. The van der Waals surface area contributed by atoms with Crippen LogP contribution in [0.4, 0.5) is 0 Å². The Balaban J connectivity index is 2.11. The lowest BCUT2D eigenvalue weighted by molar-refractivity contribution is -0.00444. The van der Waals surface area contributed by atoms with E-state index in [1.54, 1.807) is 0 Å². The van der Waals surface area contributed by atoms with Gasteiger partial charge in [-0.15, -0.1) is 0 Å². The number of morpholine rings is 1. The van der Waals surface area contributed by atoms with Crippen molar-refractivity contribution in [1.29, 1.82) is 0 Å². The molecule has 1 saturated heterocycles. The van der Waals surface area contributed by atoms with E-state index in [2.05, 4.69) is 30.9 Å². The highest BCUT2D eigenvalue weighted by atomic mass is 32.1. The van der Waals surface area contributed by atoms with Crippen LogP contribution in [0.25, 0.3) is 0 Å². The molecule has 1 atom stereocenters. The average Bonchev–Trinajstić information content (AvgIpc) is 2.34. The number of nitrogens with two attached hydrogens (primary N) is 1. The fourth-order valence-corrected chi connectivity index (χ4v) is 2.37. The second-order valence-corrected chi connectivity index (χ2v) is 5.34. The largest absolute Gasteiger partial charge is 0.389 e. The van der Waals surface area contributed by atoms with Gasteiger partial charge >= 0.3 is 0 Å². The predicted molar refractivity (Wildman–Crippen MR) is 77.8 cm³/mol. The Hall–Kier alpha value is -0.970. The Morgan fingerprint density at radius 3 is 2.94 bits per heavy atom. The third-order valence-electron chi connectivity index (χ3n) is 3.51. The summed E-state index contributed by atoms with van der Waals surface area (Å²) in [5.74, 6) is 0. The fourth-order valence-electron chi connectivity index (χ4n) is 2.24. The predicted octanol–water partition coefficient (Wildman–Crippen LogP) is 1.85. The third-order valence-corrected chi connectivity index (χ3v) is 3.74. The molecule has 18 heavy (non-hydrogen) atoms. The minimum Gasteiger partial charge on any atom is -0.389 e. The van der Waals surface area contributed by atoms with Crippen molar-refractivity contribution in [2.75, 3.05) is 19.8 Å². The first-order valence-corrected chi connectivity index (χ1v) is 6.70. The zero-order valence-electron chi connectivity index (χ0n) is 11.0. The first-order valence-electron chi connectivity index (χ1n) is 6.29. The highest BCUT2D eigenvalue weighted by Crippen LogP contribution is 2.16. The number of hydrogen-bond acceptors (Lipinski definition) is 3. The number of thiocarbonyl (C=S) groups is 1. The Bertz CT molecular complexity index is 447. The highest BCUT2D eigenvalue weighted by molar-refractivity contribution is 7.80. The second kappa shape index (κ2) is 5.78. The first kappa shape index (κ1) is 13.5. The van der Waals surface area contributed by atoms with Gasteiger partial charge in [-0.3, -0.25) is 4.90 Å². The van der Waals surface area contributed by atoms with E-state index in [1.165, 1.54) is 11.1 Å². The van der Waals surface area contributed by atoms with Crippen molar-refractivity contribution in [3.05, 3.63) is 34.9 Å². The van der Waals surface area contributed by atoms with E-state index < -0.39 is 0 Å². The van der Waals surface area contributed by atoms with Gasteiger partial charge in [0.05, 0.1) is 13.2 Å². The van der Waals surface area contributed by atoms with Crippen LogP contribution in [0.2, 0.25) is 0 Å². The zero-order chi connectivity index (χ0) is 13.1. The smallest absolute Gasteiger partial charge is 0.103 e. The second-order valence-electron chi connectivity index (χ2n) is 4.90. The van der Waals surface area contributed by atoms with Gasteiger partial charge in [0.2, 0.25) is 0 Å². The van der Waals surface area contributed by atoms with E-state index in [1.807, 2.05) is 6.07 Å². The van der Waals surface area contributed by atoms with Crippen LogP contribution in [-0.2, 0) is 11.3 Å². The molecule has 4 heteroatoms. The molecule has 3 nitrogen and oxygen atoms in total. The Morgan fingerprint density at radius 2 is 2.33 bits per heavy atom. The molecule has 1 heterocycles. The summed E-state index contributed by atoms with van der Waals surface area (Å²) in [6.07, 6.45) is 0.